The van der Waals surface area contributed by atoms with Crippen LogP contribution in [0, 0.1) is 0 Å². The summed E-state index contributed by atoms with van der Waals surface area (Å²) in [5, 5.41) is 2.13. The van der Waals surface area contributed by atoms with Crippen LogP contribution in [0.5, 0.6) is 0 Å². The van der Waals surface area contributed by atoms with Crippen LogP contribution in [0.4, 0.5) is 0 Å². The zero-order valence-corrected chi connectivity index (χ0v) is 20.8. The molecular weight excluding hydrogens is 454 g/mol. The van der Waals surface area contributed by atoms with Gasteiger partial charge in [-0.05, 0) is 72.0 Å². The van der Waals surface area contributed by atoms with E-state index in [0.29, 0.717) is 6.04 Å². The average molecular weight is 486 g/mol. The fourth-order valence-corrected chi connectivity index (χ4v) is 6.52. The van der Waals surface area contributed by atoms with Crippen LogP contribution >= 0.6 is 11.3 Å². The summed E-state index contributed by atoms with van der Waals surface area (Å²) in [5.41, 5.74) is 4.92. The molecule has 6 heteroatoms. The highest BCUT2D eigenvalue weighted by Gasteiger charge is 2.34. The van der Waals surface area contributed by atoms with Gasteiger partial charge in [-0.1, -0.05) is 30.3 Å². The van der Waals surface area contributed by atoms with Crippen molar-refractivity contribution < 1.29 is 9.59 Å². The van der Waals surface area contributed by atoms with E-state index in [9.17, 15) is 9.59 Å². The highest BCUT2D eigenvalue weighted by molar-refractivity contribution is 7.09. The standard InChI is InChI=1S/C29H31N3O2S/c33-28(31-13-1-2-14-31)22-7-5-21(6-8-22)23-9-10-27-24(18-23)11-16-32(29(27)34)25-12-15-30(19-25)20-26-4-3-17-35-26/h3-10,17-18,25H,1-2,11-16,19-20H2/t25-/m1/s1. The Labute approximate surface area is 211 Å². The van der Waals surface area contributed by atoms with Crippen LogP contribution in [-0.2, 0) is 13.0 Å². The first-order valence-corrected chi connectivity index (χ1v) is 13.6. The fourth-order valence-electron chi connectivity index (χ4n) is 5.78. The van der Waals surface area contributed by atoms with Gasteiger partial charge in [0.2, 0.25) is 0 Å². The Morgan fingerprint density at radius 3 is 2.51 bits per heavy atom. The minimum absolute atomic E-state index is 0.131. The number of fused-ring (bicyclic) bond motifs is 1. The molecule has 3 aromatic rings. The van der Waals surface area contributed by atoms with Gasteiger partial charge < -0.3 is 9.80 Å². The molecule has 0 N–H and O–H groups in total. The van der Waals surface area contributed by atoms with Gasteiger partial charge in [-0.2, -0.15) is 0 Å². The summed E-state index contributed by atoms with van der Waals surface area (Å²) < 4.78 is 0. The van der Waals surface area contributed by atoms with Crippen molar-refractivity contribution in [1.82, 2.24) is 14.7 Å². The summed E-state index contributed by atoms with van der Waals surface area (Å²) in [7, 11) is 0. The first-order valence-electron chi connectivity index (χ1n) is 12.7. The number of likely N-dealkylation sites (tertiary alicyclic amines) is 2. The van der Waals surface area contributed by atoms with Gasteiger partial charge >= 0.3 is 0 Å². The molecule has 2 saturated heterocycles. The number of carbonyl (C=O) groups is 2. The van der Waals surface area contributed by atoms with E-state index in [0.717, 1.165) is 92.8 Å². The van der Waals surface area contributed by atoms with E-state index in [1.807, 2.05) is 35.2 Å². The predicted octanol–water partition coefficient (Wildman–Crippen LogP) is 4.92. The van der Waals surface area contributed by atoms with Gasteiger partial charge in [-0.3, -0.25) is 14.5 Å². The molecule has 6 rings (SSSR count). The molecular formula is C29H31N3O2S. The van der Waals surface area contributed by atoms with Crippen LogP contribution in [0.15, 0.2) is 60.0 Å². The summed E-state index contributed by atoms with van der Waals surface area (Å²) in [5.74, 6) is 0.304. The van der Waals surface area contributed by atoms with Gasteiger partial charge in [-0.15, -0.1) is 11.3 Å². The molecule has 1 atom stereocenters. The van der Waals surface area contributed by atoms with E-state index in [2.05, 4.69) is 39.4 Å². The topological polar surface area (TPSA) is 43.9 Å². The van der Waals surface area contributed by atoms with Gasteiger partial charge in [0.1, 0.15) is 0 Å². The third-order valence-electron chi connectivity index (χ3n) is 7.72. The monoisotopic (exact) mass is 485 g/mol. The number of benzene rings is 2. The molecule has 0 saturated carbocycles. The summed E-state index contributed by atoms with van der Waals surface area (Å²) in [6.07, 6.45) is 4.14. The number of thiophene rings is 1. The zero-order chi connectivity index (χ0) is 23.8. The van der Waals surface area contributed by atoms with Crippen LogP contribution in [0.3, 0.4) is 0 Å². The lowest BCUT2D eigenvalue weighted by molar-refractivity contribution is 0.0663. The third kappa shape index (κ3) is 4.53. The normalized spacial score (nSPS) is 20.5. The number of amides is 2. The maximum Gasteiger partial charge on any atom is 0.254 e. The van der Waals surface area contributed by atoms with E-state index in [-0.39, 0.29) is 11.8 Å². The Kier molecular flexibility index (Phi) is 6.17. The van der Waals surface area contributed by atoms with Gasteiger partial charge in [0.25, 0.3) is 11.8 Å². The van der Waals surface area contributed by atoms with E-state index >= 15 is 0 Å². The summed E-state index contributed by atoms with van der Waals surface area (Å²) in [6.45, 7) is 5.51. The molecule has 3 aliphatic heterocycles. The van der Waals surface area contributed by atoms with Crippen LogP contribution in [-0.4, -0.2) is 65.3 Å². The maximum absolute atomic E-state index is 13.4. The molecule has 2 fully saturated rings. The number of hydrogen-bond donors (Lipinski definition) is 0. The molecule has 1 aromatic heterocycles. The van der Waals surface area contributed by atoms with Crippen LogP contribution in [0.25, 0.3) is 11.1 Å². The van der Waals surface area contributed by atoms with Crippen LogP contribution in [0.1, 0.15) is 50.4 Å². The molecule has 0 unspecified atom stereocenters. The molecule has 0 bridgehead atoms. The lowest BCUT2D eigenvalue weighted by Crippen LogP contribution is -2.45. The van der Waals surface area contributed by atoms with Crippen LogP contribution in [0.2, 0.25) is 0 Å². The number of nitrogens with zero attached hydrogens (tertiary/aromatic N) is 3. The molecule has 2 amide bonds. The van der Waals surface area contributed by atoms with Crippen molar-refractivity contribution in [2.45, 2.75) is 38.3 Å². The van der Waals surface area contributed by atoms with Crippen molar-refractivity contribution in [3.63, 3.8) is 0 Å². The summed E-state index contributed by atoms with van der Waals surface area (Å²) in [4.78, 5) is 33.9. The van der Waals surface area contributed by atoms with Gasteiger partial charge in [0.05, 0.1) is 0 Å². The Bertz CT molecular complexity index is 1220. The largest absolute Gasteiger partial charge is 0.339 e. The van der Waals surface area contributed by atoms with Crippen molar-refractivity contribution in [3.8, 4) is 11.1 Å². The van der Waals surface area contributed by atoms with Crippen molar-refractivity contribution in [2.75, 3.05) is 32.7 Å². The first kappa shape index (κ1) is 22.5. The molecule has 0 spiro atoms. The molecule has 180 valence electrons. The van der Waals surface area contributed by atoms with Crippen molar-refractivity contribution in [1.29, 1.82) is 0 Å². The van der Waals surface area contributed by atoms with E-state index in [1.54, 1.807) is 11.3 Å². The van der Waals surface area contributed by atoms with E-state index in [1.165, 1.54) is 4.88 Å². The van der Waals surface area contributed by atoms with Crippen molar-refractivity contribution in [2.24, 2.45) is 0 Å². The Balaban J connectivity index is 1.13. The lowest BCUT2D eigenvalue weighted by atomic mass is 9.93. The molecule has 5 nitrogen and oxygen atoms in total. The van der Waals surface area contributed by atoms with Crippen LogP contribution < -0.4 is 0 Å². The molecule has 35 heavy (non-hydrogen) atoms. The number of hydrogen-bond acceptors (Lipinski definition) is 4. The highest BCUT2D eigenvalue weighted by atomic mass is 32.1. The molecule has 0 aliphatic carbocycles. The third-order valence-corrected chi connectivity index (χ3v) is 8.59. The SMILES string of the molecule is O=C(c1ccc(-c2ccc3c(c2)CCN([C@@H]2CCN(Cc4cccs4)C2)C3=O)cc1)N1CCCC1. The Morgan fingerprint density at radius 1 is 0.943 bits per heavy atom. The second kappa shape index (κ2) is 9.59. The molecule has 2 aromatic carbocycles. The Morgan fingerprint density at radius 2 is 1.74 bits per heavy atom. The maximum atomic E-state index is 13.4. The minimum Gasteiger partial charge on any atom is -0.339 e. The smallest absolute Gasteiger partial charge is 0.254 e. The summed E-state index contributed by atoms with van der Waals surface area (Å²) >= 11 is 1.80. The quantitative estimate of drug-likeness (QED) is 0.515. The Hall–Kier alpha value is -2.96. The highest BCUT2D eigenvalue weighted by Crippen LogP contribution is 2.30. The molecule has 4 heterocycles. The summed E-state index contributed by atoms with van der Waals surface area (Å²) in [6, 6.07) is 18.7. The lowest BCUT2D eigenvalue weighted by Gasteiger charge is -2.34. The number of carbonyl (C=O) groups excluding carboxylic acids is 2. The number of rotatable bonds is 5. The fraction of sp³-hybridized carbons (Fsp3) is 0.379. The molecule has 3 aliphatic rings. The average Bonchev–Trinajstić information content (AvgIpc) is 3.68. The van der Waals surface area contributed by atoms with E-state index < -0.39 is 0 Å². The van der Waals surface area contributed by atoms with Gasteiger partial charge in [-0.25, -0.2) is 0 Å². The van der Waals surface area contributed by atoms with Crippen molar-refractivity contribution in [3.05, 3.63) is 81.5 Å². The second-order valence-corrected chi connectivity index (χ2v) is 11.0. The van der Waals surface area contributed by atoms with Gasteiger partial charge in [0, 0.05) is 61.3 Å². The molecule has 0 radical (unpaired) electrons. The predicted molar refractivity (Wildman–Crippen MR) is 140 cm³/mol. The van der Waals surface area contributed by atoms with Crippen molar-refractivity contribution >= 4 is 23.2 Å². The first-order chi connectivity index (χ1) is 17.2. The zero-order valence-electron chi connectivity index (χ0n) is 20.0. The minimum atomic E-state index is 0.131. The van der Waals surface area contributed by atoms with E-state index in [4.69, 9.17) is 0 Å². The second-order valence-electron chi connectivity index (χ2n) is 9.95. The van der Waals surface area contributed by atoms with Gasteiger partial charge in [0.15, 0.2) is 0 Å².